The highest BCUT2D eigenvalue weighted by atomic mass is 16.5. The Morgan fingerprint density at radius 3 is 2.26 bits per heavy atom. The second kappa shape index (κ2) is 9.57. The third kappa shape index (κ3) is 6.29. The molecule has 0 spiro atoms. The lowest BCUT2D eigenvalue weighted by Crippen LogP contribution is -2.52. The highest BCUT2D eigenvalue weighted by Crippen LogP contribution is 2.15. The number of amides is 2. The molecule has 146 valence electrons. The standard InChI is InChI=1S/C19H25N3O5/c1-12(2)19(4,11-20)22-17(24)13(3)27-16(23)10-21-18(25)14-6-8-15(26-5)9-7-14/h6-9,12-13H,10H2,1-5H3,(H,21,25)(H,22,24)/t13-,19-/m0/s1. The molecule has 2 amide bonds. The van der Waals surface area contributed by atoms with Crippen LogP contribution in [0.3, 0.4) is 0 Å². The number of nitriles is 1. The van der Waals surface area contributed by atoms with Gasteiger partial charge in [-0.1, -0.05) is 13.8 Å². The molecule has 0 bridgehead atoms. The minimum atomic E-state index is -1.10. The van der Waals surface area contributed by atoms with E-state index in [-0.39, 0.29) is 12.5 Å². The van der Waals surface area contributed by atoms with Gasteiger partial charge in [-0.05, 0) is 44.0 Å². The third-order valence-electron chi connectivity index (χ3n) is 4.19. The molecule has 2 atom stereocenters. The summed E-state index contributed by atoms with van der Waals surface area (Å²) >= 11 is 0. The predicted octanol–water partition coefficient (Wildman–Crippen LogP) is 1.41. The van der Waals surface area contributed by atoms with Crippen LogP contribution < -0.4 is 15.4 Å². The second-order valence-corrected chi connectivity index (χ2v) is 6.50. The monoisotopic (exact) mass is 375 g/mol. The fourth-order valence-electron chi connectivity index (χ4n) is 1.95. The quantitative estimate of drug-likeness (QED) is 0.664. The van der Waals surface area contributed by atoms with Crippen LogP contribution in [0.5, 0.6) is 5.75 Å². The smallest absolute Gasteiger partial charge is 0.326 e. The van der Waals surface area contributed by atoms with E-state index in [0.29, 0.717) is 11.3 Å². The van der Waals surface area contributed by atoms with E-state index in [9.17, 15) is 19.6 Å². The predicted molar refractivity (Wildman–Crippen MR) is 97.9 cm³/mol. The Bertz CT molecular complexity index is 724. The van der Waals surface area contributed by atoms with Crippen molar-refractivity contribution in [3.8, 4) is 11.8 Å². The number of rotatable bonds is 8. The summed E-state index contributed by atoms with van der Waals surface area (Å²) in [6, 6.07) is 8.42. The van der Waals surface area contributed by atoms with Crippen molar-refractivity contribution in [1.82, 2.24) is 10.6 Å². The molecule has 1 rings (SSSR count). The lowest BCUT2D eigenvalue weighted by atomic mass is 9.90. The fourth-order valence-corrected chi connectivity index (χ4v) is 1.95. The van der Waals surface area contributed by atoms with Gasteiger partial charge in [-0.3, -0.25) is 14.4 Å². The number of carbonyl (C=O) groups excluding carboxylic acids is 3. The van der Waals surface area contributed by atoms with Crippen LogP contribution in [-0.4, -0.2) is 43.1 Å². The SMILES string of the molecule is COc1ccc(C(=O)NCC(=O)O[C@@H](C)C(=O)N[C@@](C)(C#N)C(C)C)cc1. The third-order valence-corrected chi connectivity index (χ3v) is 4.19. The lowest BCUT2D eigenvalue weighted by Gasteiger charge is -2.28. The molecule has 0 fully saturated rings. The van der Waals surface area contributed by atoms with E-state index in [0.717, 1.165) is 0 Å². The lowest BCUT2D eigenvalue weighted by molar-refractivity contribution is -0.154. The summed E-state index contributed by atoms with van der Waals surface area (Å²) in [5, 5.41) is 14.2. The van der Waals surface area contributed by atoms with Crippen molar-refractivity contribution in [3.63, 3.8) is 0 Å². The summed E-state index contributed by atoms with van der Waals surface area (Å²) in [5.41, 5.74) is -0.712. The van der Waals surface area contributed by atoms with Crippen LogP contribution in [-0.2, 0) is 14.3 Å². The first kappa shape index (κ1) is 22.0. The molecule has 0 radical (unpaired) electrons. The van der Waals surface area contributed by atoms with Gasteiger partial charge in [0.25, 0.3) is 11.8 Å². The van der Waals surface area contributed by atoms with Crippen LogP contribution in [0, 0.1) is 17.2 Å². The maximum absolute atomic E-state index is 12.1. The number of hydrogen-bond donors (Lipinski definition) is 2. The first-order chi connectivity index (χ1) is 12.6. The number of ether oxygens (including phenoxy) is 2. The van der Waals surface area contributed by atoms with Crippen LogP contribution >= 0.6 is 0 Å². The zero-order valence-electron chi connectivity index (χ0n) is 16.2. The molecule has 1 aromatic carbocycles. The summed E-state index contributed by atoms with van der Waals surface area (Å²) in [4.78, 5) is 36.0. The normalized spacial score (nSPS) is 13.7. The van der Waals surface area contributed by atoms with Gasteiger partial charge in [0.15, 0.2) is 6.10 Å². The maximum atomic E-state index is 12.1. The molecule has 0 aliphatic heterocycles. The van der Waals surface area contributed by atoms with Crippen LogP contribution in [0.25, 0.3) is 0 Å². The topological polar surface area (TPSA) is 118 Å². The number of methoxy groups -OCH3 is 1. The van der Waals surface area contributed by atoms with Crippen LogP contribution in [0.2, 0.25) is 0 Å². The van der Waals surface area contributed by atoms with Crippen LogP contribution in [0.1, 0.15) is 38.1 Å². The van der Waals surface area contributed by atoms with Gasteiger partial charge >= 0.3 is 5.97 Å². The van der Waals surface area contributed by atoms with E-state index < -0.39 is 29.4 Å². The Morgan fingerprint density at radius 2 is 1.78 bits per heavy atom. The highest BCUT2D eigenvalue weighted by Gasteiger charge is 2.32. The van der Waals surface area contributed by atoms with Gasteiger partial charge in [-0.15, -0.1) is 0 Å². The Hall–Kier alpha value is -3.08. The molecule has 8 heteroatoms. The Kier molecular flexibility index (Phi) is 7.79. The molecule has 2 N–H and O–H groups in total. The average Bonchev–Trinajstić information content (AvgIpc) is 2.65. The zero-order chi connectivity index (χ0) is 20.6. The first-order valence-electron chi connectivity index (χ1n) is 8.48. The molecule has 1 aromatic rings. The first-order valence-corrected chi connectivity index (χ1v) is 8.48. The Balaban J connectivity index is 2.52. The van der Waals surface area contributed by atoms with Gasteiger partial charge in [0.05, 0.1) is 13.2 Å². The summed E-state index contributed by atoms with van der Waals surface area (Å²) in [6.07, 6.45) is -1.10. The van der Waals surface area contributed by atoms with Crippen molar-refractivity contribution >= 4 is 17.8 Å². The minimum Gasteiger partial charge on any atom is -0.497 e. The van der Waals surface area contributed by atoms with Crippen molar-refractivity contribution in [2.24, 2.45) is 5.92 Å². The van der Waals surface area contributed by atoms with Gasteiger partial charge in [0, 0.05) is 5.56 Å². The minimum absolute atomic E-state index is 0.127. The van der Waals surface area contributed by atoms with Gasteiger partial charge < -0.3 is 20.1 Å². The molecule has 27 heavy (non-hydrogen) atoms. The number of esters is 1. The van der Waals surface area contributed by atoms with Crippen molar-refractivity contribution < 1.29 is 23.9 Å². The van der Waals surface area contributed by atoms with Gasteiger partial charge in [0.1, 0.15) is 17.8 Å². The van der Waals surface area contributed by atoms with Crippen molar-refractivity contribution in [2.45, 2.75) is 39.3 Å². The molecule has 0 aliphatic rings. The second-order valence-electron chi connectivity index (χ2n) is 6.50. The molecule has 0 saturated carbocycles. The molecular formula is C19H25N3O5. The van der Waals surface area contributed by atoms with E-state index in [4.69, 9.17) is 9.47 Å². The largest absolute Gasteiger partial charge is 0.497 e. The van der Waals surface area contributed by atoms with Crippen LogP contribution in [0.4, 0.5) is 0 Å². The van der Waals surface area contributed by atoms with E-state index in [1.165, 1.54) is 14.0 Å². The Labute approximate surface area is 158 Å². The van der Waals surface area contributed by atoms with Gasteiger partial charge in [-0.25, -0.2) is 0 Å². The molecule has 0 saturated heterocycles. The highest BCUT2D eigenvalue weighted by molar-refractivity contribution is 5.96. The summed E-state index contributed by atoms with van der Waals surface area (Å²) < 4.78 is 10.0. The molecule has 0 aromatic heterocycles. The number of hydrogen-bond acceptors (Lipinski definition) is 6. The number of nitrogens with zero attached hydrogens (tertiary/aromatic N) is 1. The van der Waals surface area contributed by atoms with Crippen LogP contribution in [0.15, 0.2) is 24.3 Å². The molecular weight excluding hydrogens is 350 g/mol. The summed E-state index contributed by atoms with van der Waals surface area (Å²) in [6.45, 7) is 6.21. The maximum Gasteiger partial charge on any atom is 0.326 e. The summed E-state index contributed by atoms with van der Waals surface area (Å²) in [7, 11) is 1.52. The van der Waals surface area contributed by atoms with Gasteiger partial charge in [-0.2, -0.15) is 5.26 Å². The van der Waals surface area contributed by atoms with E-state index in [2.05, 4.69) is 10.6 Å². The van der Waals surface area contributed by atoms with E-state index >= 15 is 0 Å². The number of benzene rings is 1. The van der Waals surface area contributed by atoms with Crippen molar-refractivity contribution in [1.29, 1.82) is 5.26 Å². The summed E-state index contributed by atoms with van der Waals surface area (Å²) in [5.74, 6) is -1.32. The molecule has 0 unspecified atom stereocenters. The van der Waals surface area contributed by atoms with Gasteiger partial charge in [0.2, 0.25) is 0 Å². The average molecular weight is 375 g/mol. The Morgan fingerprint density at radius 1 is 1.19 bits per heavy atom. The van der Waals surface area contributed by atoms with Crippen molar-refractivity contribution in [2.75, 3.05) is 13.7 Å². The molecule has 8 nitrogen and oxygen atoms in total. The van der Waals surface area contributed by atoms with E-state index in [1.54, 1.807) is 45.0 Å². The fraction of sp³-hybridized carbons (Fsp3) is 0.474. The van der Waals surface area contributed by atoms with E-state index in [1.807, 2.05) is 6.07 Å². The molecule has 0 aliphatic carbocycles. The molecule has 0 heterocycles. The number of carbonyl (C=O) groups is 3. The van der Waals surface area contributed by atoms with Crippen molar-refractivity contribution in [3.05, 3.63) is 29.8 Å². The zero-order valence-corrected chi connectivity index (χ0v) is 16.2. The number of nitrogens with one attached hydrogen (secondary N) is 2.